The monoisotopic (exact) mass is 224 g/mol. The molecule has 0 aliphatic heterocycles. The molecule has 0 fully saturated rings. The van der Waals surface area contributed by atoms with Crippen LogP contribution in [0.3, 0.4) is 0 Å². The molecule has 0 amide bonds. The molecule has 60 valence electrons. The van der Waals surface area contributed by atoms with E-state index in [1.807, 2.05) is 0 Å². The highest BCUT2D eigenvalue weighted by atomic mass is 79.9. The number of alkyl halides is 1. The SMILES string of the molecule is N#CC(Br)C(=O)c1ccccn1. The van der Waals surface area contributed by atoms with Crippen LogP contribution >= 0.6 is 15.9 Å². The van der Waals surface area contributed by atoms with Gasteiger partial charge >= 0.3 is 0 Å². The first-order valence-electron chi connectivity index (χ1n) is 3.24. The third-order valence-electron chi connectivity index (χ3n) is 1.26. The van der Waals surface area contributed by atoms with Gasteiger partial charge in [-0.05, 0) is 12.1 Å². The lowest BCUT2D eigenvalue weighted by Crippen LogP contribution is -2.12. The first-order chi connectivity index (χ1) is 5.75. The average Bonchev–Trinajstić information content (AvgIpc) is 2.17. The second-order valence-electron chi connectivity index (χ2n) is 2.07. The van der Waals surface area contributed by atoms with Gasteiger partial charge in [0.05, 0.1) is 6.07 Å². The highest BCUT2D eigenvalue weighted by Gasteiger charge is 2.16. The molecule has 1 heterocycles. The summed E-state index contributed by atoms with van der Waals surface area (Å²) in [6, 6.07) is 6.79. The van der Waals surface area contributed by atoms with E-state index in [4.69, 9.17) is 5.26 Å². The molecule has 1 atom stereocenters. The van der Waals surface area contributed by atoms with E-state index in [9.17, 15) is 4.79 Å². The number of carbonyl (C=O) groups is 1. The number of halogens is 1. The molecule has 0 saturated carbocycles. The van der Waals surface area contributed by atoms with Crippen molar-refractivity contribution in [2.45, 2.75) is 4.83 Å². The Morgan fingerprint density at radius 2 is 2.42 bits per heavy atom. The van der Waals surface area contributed by atoms with Gasteiger partial charge in [0.25, 0.3) is 0 Å². The van der Waals surface area contributed by atoms with Crippen LogP contribution < -0.4 is 0 Å². The molecule has 3 nitrogen and oxygen atoms in total. The molecule has 12 heavy (non-hydrogen) atoms. The van der Waals surface area contributed by atoms with E-state index < -0.39 is 4.83 Å². The van der Waals surface area contributed by atoms with Crippen LogP contribution in [0.25, 0.3) is 0 Å². The summed E-state index contributed by atoms with van der Waals surface area (Å²) in [7, 11) is 0. The second kappa shape index (κ2) is 3.98. The fourth-order valence-corrected chi connectivity index (χ4v) is 0.932. The first kappa shape index (κ1) is 8.88. The molecule has 4 heteroatoms. The zero-order valence-electron chi connectivity index (χ0n) is 6.07. The zero-order valence-corrected chi connectivity index (χ0v) is 7.65. The van der Waals surface area contributed by atoms with Crippen molar-refractivity contribution in [2.24, 2.45) is 0 Å². The minimum atomic E-state index is -0.799. The van der Waals surface area contributed by atoms with E-state index in [0.29, 0.717) is 5.69 Å². The normalized spacial score (nSPS) is 11.7. The minimum Gasteiger partial charge on any atom is -0.290 e. The summed E-state index contributed by atoms with van der Waals surface area (Å²) in [5.41, 5.74) is 0.306. The summed E-state index contributed by atoms with van der Waals surface area (Å²) in [5.74, 6) is -0.307. The molecular formula is C8H5BrN2O. The number of nitriles is 1. The van der Waals surface area contributed by atoms with Gasteiger partial charge in [0.2, 0.25) is 5.78 Å². The van der Waals surface area contributed by atoms with Gasteiger partial charge < -0.3 is 0 Å². The Bertz CT molecular complexity index is 318. The van der Waals surface area contributed by atoms with E-state index in [2.05, 4.69) is 20.9 Å². The lowest BCUT2D eigenvalue weighted by Gasteiger charge is -1.97. The Morgan fingerprint density at radius 1 is 1.67 bits per heavy atom. The molecule has 0 saturated heterocycles. The Hall–Kier alpha value is -1.21. The molecule has 0 aliphatic carbocycles. The van der Waals surface area contributed by atoms with Crippen LogP contribution in [-0.4, -0.2) is 15.6 Å². The molecule has 0 spiro atoms. The lowest BCUT2D eigenvalue weighted by atomic mass is 10.2. The van der Waals surface area contributed by atoms with E-state index in [1.165, 1.54) is 6.20 Å². The van der Waals surface area contributed by atoms with Crippen molar-refractivity contribution in [1.82, 2.24) is 4.98 Å². The van der Waals surface area contributed by atoms with Crippen molar-refractivity contribution in [3.63, 3.8) is 0 Å². The van der Waals surface area contributed by atoms with E-state index in [0.717, 1.165) is 0 Å². The molecule has 0 aliphatic rings. The van der Waals surface area contributed by atoms with Crippen LogP contribution in [0.2, 0.25) is 0 Å². The smallest absolute Gasteiger partial charge is 0.208 e. The van der Waals surface area contributed by atoms with Crippen molar-refractivity contribution in [2.75, 3.05) is 0 Å². The maximum Gasteiger partial charge on any atom is 0.208 e. The molecule has 0 radical (unpaired) electrons. The molecule has 1 aromatic heterocycles. The van der Waals surface area contributed by atoms with Gasteiger partial charge in [-0.15, -0.1) is 0 Å². The fourth-order valence-electron chi connectivity index (χ4n) is 0.697. The van der Waals surface area contributed by atoms with Crippen LogP contribution in [-0.2, 0) is 0 Å². The van der Waals surface area contributed by atoms with E-state index in [-0.39, 0.29) is 5.78 Å². The van der Waals surface area contributed by atoms with Gasteiger partial charge in [-0.2, -0.15) is 5.26 Å². The maximum atomic E-state index is 11.2. The topological polar surface area (TPSA) is 53.8 Å². The van der Waals surface area contributed by atoms with Gasteiger partial charge in [0.1, 0.15) is 5.69 Å². The zero-order chi connectivity index (χ0) is 8.97. The molecular weight excluding hydrogens is 220 g/mol. The van der Waals surface area contributed by atoms with Crippen molar-refractivity contribution in [3.05, 3.63) is 30.1 Å². The van der Waals surface area contributed by atoms with Crippen LogP contribution in [0.5, 0.6) is 0 Å². The summed E-state index contributed by atoms with van der Waals surface area (Å²) < 4.78 is 0. The van der Waals surface area contributed by atoms with Crippen LogP contribution in [0.1, 0.15) is 10.5 Å². The Labute approximate surface area is 78.2 Å². The number of rotatable bonds is 2. The molecule has 1 rings (SSSR count). The van der Waals surface area contributed by atoms with Crippen LogP contribution in [0.4, 0.5) is 0 Å². The molecule has 0 aromatic carbocycles. The molecule has 1 unspecified atom stereocenters. The summed E-state index contributed by atoms with van der Waals surface area (Å²) in [5, 5.41) is 8.42. The van der Waals surface area contributed by atoms with Crippen LogP contribution in [0.15, 0.2) is 24.4 Å². The number of ketones is 1. The highest BCUT2D eigenvalue weighted by Crippen LogP contribution is 2.06. The van der Waals surface area contributed by atoms with Crippen LogP contribution in [0, 0.1) is 11.3 Å². The number of pyridine rings is 1. The predicted molar refractivity (Wildman–Crippen MR) is 46.9 cm³/mol. The van der Waals surface area contributed by atoms with E-state index >= 15 is 0 Å². The summed E-state index contributed by atoms with van der Waals surface area (Å²) in [6.07, 6.45) is 1.52. The largest absolute Gasteiger partial charge is 0.290 e. The van der Waals surface area contributed by atoms with Crippen molar-refractivity contribution in [3.8, 4) is 6.07 Å². The fraction of sp³-hybridized carbons (Fsp3) is 0.125. The predicted octanol–water partition coefficient (Wildman–Crippen LogP) is 1.55. The Balaban J connectivity index is 2.88. The number of aromatic nitrogens is 1. The van der Waals surface area contributed by atoms with Gasteiger partial charge in [0.15, 0.2) is 4.83 Å². The van der Waals surface area contributed by atoms with Gasteiger partial charge in [-0.3, -0.25) is 9.78 Å². The standard InChI is InChI=1S/C8H5BrN2O/c9-6(5-10)8(12)7-3-1-2-4-11-7/h1-4,6H. The molecule has 1 aromatic rings. The highest BCUT2D eigenvalue weighted by molar-refractivity contribution is 9.10. The maximum absolute atomic E-state index is 11.2. The number of nitrogens with zero attached hydrogens (tertiary/aromatic N) is 2. The molecule has 0 N–H and O–H groups in total. The minimum absolute atomic E-state index is 0.306. The van der Waals surface area contributed by atoms with Gasteiger partial charge in [-0.1, -0.05) is 22.0 Å². The Morgan fingerprint density at radius 3 is 2.92 bits per heavy atom. The third-order valence-corrected chi connectivity index (χ3v) is 1.88. The average molecular weight is 225 g/mol. The Kier molecular flexibility index (Phi) is 2.94. The van der Waals surface area contributed by atoms with Gasteiger partial charge in [-0.25, -0.2) is 0 Å². The lowest BCUT2D eigenvalue weighted by molar-refractivity contribution is 0.0999. The number of carbonyl (C=O) groups excluding carboxylic acids is 1. The number of hydrogen-bond acceptors (Lipinski definition) is 3. The number of Topliss-reactive ketones (excluding diaryl/α,β-unsaturated/α-hetero) is 1. The molecule has 0 bridgehead atoms. The van der Waals surface area contributed by atoms with E-state index in [1.54, 1.807) is 24.3 Å². The van der Waals surface area contributed by atoms with Gasteiger partial charge in [0, 0.05) is 6.20 Å². The van der Waals surface area contributed by atoms with Crippen molar-refractivity contribution in [1.29, 1.82) is 5.26 Å². The summed E-state index contributed by atoms with van der Waals surface area (Å²) in [6.45, 7) is 0. The number of hydrogen-bond donors (Lipinski definition) is 0. The van der Waals surface area contributed by atoms with Crippen molar-refractivity contribution >= 4 is 21.7 Å². The second-order valence-corrected chi connectivity index (χ2v) is 2.99. The summed E-state index contributed by atoms with van der Waals surface area (Å²) >= 11 is 2.93. The summed E-state index contributed by atoms with van der Waals surface area (Å²) in [4.78, 5) is 14.3. The quantitative estimate of drug-likeness (QED) is 0.566. The first-order valence-corrected chi connectivity index (χ1v) is 4.16. The third kappa shape index (κ3) is 1.89. The van der Waals surface area contributed by atoms with Crippen molar-refractivity contribution < 1.29 is 4.79 Å².